The number of carbonyl (C=O) groups is 1. The predicted octanol–water partition coefficient (Wildman–Crippen LogP) is 7.45. The van der Waals surface area contributed by atoms with Crippen LogP contribution >= 0.6 is 0 Å². The van der Waals surface area contributed by atoms with Crippen LogP contribution in [0.4, 0.5) is 4.39 Å². The minimum absolute atomic E-state index is 0.0430. The Morgan fingerprint density at radius 1 is 0.914 bits per heavy atom. The quantitative estimate of drug-likeness (QED) is 0.146. The molecule has 0 amide bonds. The van der Waals surface area contributed by atoms with Gasteiger partial charge in [0.2, 0.25) is 0 Å². The van der Waals surface area contributed by atoms with Gasteiger partial charge in [0.05, 0.1) is 11.1 Å². The number of nitriles is 1. The molecule has 3 aromatic rings. The second kappa shape index (κ2) is 14.0. The van der Waals surface area contributed by atoms with E-state index in [1.807, 2.05) is 12.4 Å². The number of halogens is 1. The maximum Gasteiger partial charge on any atom is 0.343 e. The van der Waals surface area contributed by atoms with Gasteiger partial charge in [0.25, 0.3) is 0 Å². The number of ether oxygens (including phenoxy) is 1. The number of carbonyl (C=O) groups excluding carboxylic acids is 1. The average molecular weight is 474 g/mol. The molecule has 0 unspecified atom stereocenters. The first-order valence-electron chi connectivity index (χ1n) is 12.4. The Kier molecular flexibility index (Phi) is 10.4. The Bertz CT molecular complexity index is 1120. The molecule has 0 saturated heterocycles. The van der Waals surface area contributed by atoms with Crippen molar-refractivity contribution < 1.29 is 13.9 Å². The Balaban J connectivity index is 1.45. The standard InChI is InChI=1S/C29H32FN3O2/c1-2-3-4-5-6-7-8-9-10-11-22-20-32-28(33-21-22)23-12-14-24(15-13-23)29(34)35-26-17-16-25(19-31)27(30)18-26/h12-18,20-21H,2-11H2,1H3. The third kappa shape index (κ3) is 8.29. The second-order valence-electron chi connectivity index (χ2n) is 8.71. The highest BCUT2D eigenvalue weighted by Crippen LogP contribution is 2.20. The van der Waals surface area contributed by atoms with Crippen LogP contribution in [-0.2, 0) is 6.42 Å². The fourth-order valence-electron chi connectivity index (χ4n) is 3.84. The molecule has 0 N–H and O–H groups in total. The number of aromatic nitrogens is 2. The van der Waals surface area contributed by atoms with Crippen LogP contribution < -0.4 is 4.74 Å². The van der Waals surface area contributed by atoms with E-state index in [4.69, 9.17) is 10.00 Å². The fraction of sp³-hybridized carbons (Fsp3) is 0.379. The van der Waals surface area contributed by atoms with E-state index < -0.39 is 11.8 Å². The number of esters is 1. The Morgan fingerprint density at radius 2 is 1.54 bits per heavy atom. The van der Waals surface area contributed by atoms with Crippen molar-refractivity contribution in [3.05, 3.63) is 77.4 Å². The van der Waals surface area contributed by atoms with Gasteiger partial charge >= 0.3 is 5.97 Å². The third-order valence-electron chi connectivity index (χ3n) is 5.92. The first kappa shape index (κ1) is 26.0. The van der Waals surface area contributed by atoms with Gasteiger partial charge in [-0.2, -0.15) is 5.26 Å². The highest BCUT2D eigenvalue weighted by atomic mass is 19.1. The monoisotopic (exact) mass is 473 g/mol. The van der Waals surface area contributed by atoms with E-state index in [1.54, 1.807) is 30.3 Å². The summed E-state index contributed by atoms with van der Waals surface area (Å²) in [4.78, 5) is 21.3. The van der Waals surface area contributed by atoms with Crippen molar-refractivity contribution in [1.82, 2.24) is 9.97 Å². The zero-order valence-electron chi connectivity index (χ0n) is 20.3. The number of nitrogens with zero attached hydrogens (tertiary/aromatic N) is 3. The molecule has 3 rings (SSSR count). The van der Waals surface area contributed by atoms with E-state index in [1.165, 1.54) is 63.5 Å². The van der Waals surface area contributed by atoms with E-state index in [2.05, 4.69) is 16.9 Å². The lowest BCUT2D eigenvalue weighted by atomic mass is 10.1. The zero-order chi connectivity index (χ0) is 24.9. The lowest BCUT2D eigenvalue weighted by Gasteiger charge is -2.06. The molecule has 0 atom stereocenters. The van der Waals surface area contributed by atoms with Crippen molar-refractivity contribution in [2.75, 3.05) is 0 Å². The second-order valence-corrected chi connectivity index (χ2v) is 8.71. The van der Waals surface area contributed by atoms with Crippen LogP contribution in [-0.4, -0.2) is 15.9 Å². The number of aryl methyl sites for hydroxylation is 1. The summed E-state index contributed by atoms with van der Waals surface area (Å²) in [7, 11) is 0. The first-order chi connectivity index (χ1) is 17.1. The molecule has 5 nitrogen and oxygen atoms in total. The Morgan fingerprint density at radius 3 is 2.14 bits per heavy atom. The minimum Gasteiger partial charge on any atom is -0.423 e. The summed E-state index contributed by atoms with van der Waals surface area (Å²) in [6.07, 6.45) is 16.5. The van der Waals surface area contributed by atoms with Crippen molar-refractivity contribution in [1.29, 1.82) is 5.26 Å². The smallest absolute Gasteiger partial charge is 0.343 e. The van der Waals surface area contributed by atoms with Gasteiger partial charge in [0, 0.05) is 24.0 Å². The van der Waals surface area contributed by atoms with Crippen LogP contribution in [0.5, 0.6) is 5.75 Å². The van der Waals surface area contributed by atoms with Gasteiger partial charge in [0.15, 0.2) is 5.82 Å². The van der Waals surface area contributed by atoms with Crippen LogP contribution in [0.15, 0.2) is 54.9 Å². The van der Waals surface area contributed by atoms with Crippen LogP contribution in [0.1, 0.15) is 86.2 Å². The molecule has 0 fully saturated rings. The number of hydrogen-bond donors (Lipinski definition) is 0. The topological polar surface area (TPSA) is 75.9 Å². The highest BCUT2D eigenvalue weighted by Gasteiger charge is 2.12. The molecule has 35 heavy (non-hydrogen) atoms. The van der Waals surface area contributed by atoms with Gasteiger partial charge < -0.3 is 4.74 Å². The summed E-state index contributed by atoms with van der Waals surface area (Å²) < 4.78 is 18.9. The third-order valence-corrected chi connectivity index (χ3v) is 5.92. The van der Waals surface area contributed by atoms with Crippen LogP contribution in [0.2, 0.25) is 0 Å². The summed E-state index contributed by atoms with van der Waals surface area (Å²) in [6, 6.07) is 12.2. The van der Waals surface area contributed by atoms with E-state index in [0.29, 0.717) is 11.4 Å². The van der Waals surface area contributed by atoms with E-state index in [9.17, 15) is 9.18 Å². The summed E-state index contributed by atoms with van der Waals surface area (Å²) in [5.74, 6) is -0.708. The van der Waals surface area contributed by atoms with Crippen LogP contribution in [0.25, 0.3) is 11.4 Å². The maximum absolute atomic E-state index is 13.7. The summed E-state index contributed by atoms with van der Waals surface area (Å²) in [5, 5.41) is 8.79. The SMILES string of the molecule is CCCCCCCCCCCc1cnc(-c2ccc(C(=O)Oc3ccc(C#N)c(F)c3)cc2)nc1. The largest absolute Gasteiger partial charge is 0.423 e. The van der Waals surface area contributed by atoms with Gasteiger partial charge in [-0.05, 0) is 42.7 Å². The van der Waals surface area contributed by atoms with Gasteiger partial charge in [-0.1, -0.05) is 70.4 Å². The number of hydrogen-bond acceptors (Lipinski definition) is 5. The van der Waals surface area contributed by atoms with Gasteiger partial charge in [-0.25, -0.2) is 19.2 Å². The van der Waals surface area contributed by atoms with E-state index in [-0.39, 0.29) is 11.3 Å². The minimum atomic E-state index is -0.730. The van der Waals surface area contributed by atoms with E-state index >= 15 is 0 Å². The Hall–Kier alpha value is -3.59. The fourth-order valence-corrected chi connectivity index (χ4v) is 3.84. The van der Waals surface area contributed by atoms with Crippen LogP contribution in [0, 0.1) is 17.1 Å². The Labute approximate surface area is 207 Å². The van der Waals surface area contributed by atoms with Gasteiger partial charge in [0.1, 0.15) is 17.6 Å². The molecule has 0 spiro atoms. The van der Waals surface area contributed by atoms with Crippen molar-refractivity contribution in [3.8, 4) is 23.2 Å². The first-order valence-corrected chi connectivity index (χ1v) is 12.4. The molecular weight excluding hydrogens is 441 g/mol. The molecule has 0 radical (unpaired) electrons. The predicted molar refractivity (Wildman–Crippen MR) is 134 cm³/mol. The molecule has 1 aromatic heterocycles. The molecule has 1 heterocycles. The summed E-state index contributed by atoms with van der Waals surface area (Å²) >= 11 is 0. The molecule has 0 bridgehead atoms. The number of benzene rings is 2. The van der Waals surface area contributed by atoms with Crippen molar-refractivity contribution >= 4 is 5.97 Å². The lowest BCUT2D eigenvalue weighted by Crippen LogP contribution is -2.08. The van der Waals surface area contributed by atoms with Crippen molar-refractivity contribution in [3.63, 3.8) is 0 Å². The van der Waals surface area contributed by atoms with Gasteiger partial charge in [-0.3, -0.25) is 0 Å². The van der Waals surface area contributed by atoms with Gasteiger partial charge in [-0.15, -0.1) is 0 Å². The molecule has 0 aliphatic rings. The molecule has 0 saturated carbocycles. The average Bonchev–Trinajstić information content (AvgIpc) is 2.88. The number of unbranched alkanes of at least 4 members (excludes halogenated alkanes) is 8. The zero-order valence-corrected chi connectivity index (χ0v) is 20.3. The molecule has 0 aliphatic heterocycles. The summed E-state index contributed by atoms with van der Waals surface area (Å²) in [6.45, 7) is 2.25. The summed E-state index contributed by atoms with van der Waals surface area (Å²) in [5.41, 5.74) is 2.14. The normalized spacial score (nSPS) is 10.7. The van der Waals surface area contributed by atoms with Crippen LogP contribution in [0.3, 0.4) is 0 Å². The number of rotatable bonds is 13. The van der Waals surface area contributed by atoms with E-state index in [0.717, 1.165) is 30.0 Å². The van der Waals surface area contributed by atoms with Crippen molar-refractivity contribution in [2.45, 2.75) is 71.1 Å². The molecule has 182 valence electrons. The highest BCUT2D eigenvalue weighted by molar-refractivity contribution is 5.91. The van der Waals surface area contributed by atoms with Crippen molar-refractivity contribution in [2.24, 2.45) is 0 Å². The lowest BCUT2D eigenvalue weighted by molar-refractivity contribution is 0.0734. The molecule has 6 heteroatoms. The molecular formula is C29H32FN3O2. The maximum atomic E-state index is 13.7. The molecule has 2 aromatic carbocycles. The molecule has 0 aliphatic carbocycles.